The Kier molecular flexibility index (Phi) is 3.95. The van der Waals surface area contributed by atoms with Gasteiger partial charge in [-0.15, -0.1) is 0 Å². The van der Waals surface area contributed by atoms with E-state index in [2.05, 4.69) is 16.8 Å². The highest BCUT2D eigenvalue weighted by molar-refractivity contribution is 5.94. The van der Waals surface area contributed by atoms with Gasteiger partial charge in [0.1, 0.15) is 0 Å². The van der Waals surface area contributed by atoms with Crippen LogP contribution in [0.4, 0.5) is 11.4 Å². The van der Waals surface area contributed by atoms with Gasteiger partial charge in [0.2, 0.25) is 0 Å². The number of carbonyl (C=O) groups is 1. The predicted octanol–water partition coefficient (Wildman–Crippen LogP) is 1.35. The van der Waals surface area contributed by atoms with Crippen LogP contribution in [0.25, 0.3) is 0 Å². The number of carboxylic acids is 1. The quantitative estimate of drug-likeness (QED) is 0.803. The molecule has 1 unspecified atom stereocenters. The number of nitrogen functional groups attached to an aromatic ring is 1. The van der Waals surface area contributed by atoms with Crippen LogP contribution in [-0.4, -0.2) is 49.7 Å². The van der Waals surface area contributed by atoms with Crippen molar-refractivity contribution in [2.45, 2.75) is 6.42 Å². The minimum atomic E-state index is -0.982. The maximum absolute atomic E-state index is 10.9. The lowest BCUT2D eigenvalue weighted by Gasteiger charge is -2.23. The number of benzene rings is 1. The summed E-state index contributed by atoms with van der Waals surface area (Å²) in [6.45, 7) is 3.24. The third-order valence-corrected chi connectivity index (χ3v) is 3.73. The Labute approximate surface area is 113 Å². The molecule has 1 aromatic rings. The Hall–Kier alpha value is -1.75. The number of likely N-dealkylation sites (tertiary alicyclic amines) is 1. The van der Waals surface area contributed by atoms with Gasteiger partial charge < -0.3 is 20.6 Å². The fraction of sp³-hybridized carbons (Fsp3) is 0.500. The van der Waals surface area contributed by atoms with Crippen molar-refractivity contribution in [1.82, 2.24) is 4.90 Å². The summed E-state index contributed by atoms with van der Waals surface area (Å²) in [6, 6.07) is 5.13. The van der Waals surface area contributed by atoms with Gasteiger partial charge in [0.25, 0.3) is 0 Å². The van der Waals surface area contributed by atoms with Crippen molar-refractivity contribution < 1.29 is 9.90 Å². The summed E-state index contributed by atoms with van der Waals surface area (Å²) in [6.07, 6.45) is 1.21. The number of aromatic carboxylic acids is 1. The lowest BCUT2D eigenvalue weighted by Crippen LogP contribution is -2.27. The Bertz CT molecular complexity index is 476. The van der Waals surface area contributed by atoms with Crippen molar-refractivity contribution in [3.63, 3.8) is 0 Å². The van der Waals surface area contributed by atoms with Gasteiger partial charge in [-0.05, 0) is 44.1 Å². The predicted molar refractivity (Wildman–Crippen MR) is 76.7 cm³/mol. The first-order valence-corrected chi connectivity index (χ1v) is 6.50. The van der Waals surface area contributed by atoms with E-state index in [1.54, 1.807) is 12.1 Å². The van der Waals surface area contributed by atoms with E-state index >= 15 is 0 Å². The van der Waals surface area contributed by atoms with Crippen molar-refractivity contribution in [3.05, 3.63) is 23.8 Å². The number of anilines is 2. The monoisotopic (exact) mass is 263 g/mol. The second-order valence-corrected chi connectivity index (χ2v) is 5.37. The summed E-state index contributed by atoms with van der Waals surface area (Å²) in [5.74, 6) is -0.320. The van der Waals surface area contributed by atoms with E-state index in [0.717, 1.165) is 25.3 Å². The van der Waals surface area contributed by atoms with Crippen molar-refractivity contribution in [2.24, 2.45) is 5.92 Å². The molecule has 1 saturated heterocycles. The summed E-state index contributed by atoms with van der Waals surface area (Å²) in [5.41, 5.74) is 7.23. The first kappa shape index (κ1) is 13.7. The zero-order valence-corrected chi connectivity index (χ0v) is 11.5. The van der Waals surface area contributed by atoms with Gasteiger partial charge in [-0.25, -0.2) is 4.79 Å². The van der Waals surface area contributed by atoms with Gasteiger partial charge in [-0.1, -0.05) is 0 Å². The molecule has 19 heavy (non-hydrogen) atoms. The summed E-state index contributed by atoms with van der Waals surface area (Å²) >= 11 is 0. The summed E-state index contributed by atoms with van der Waals surface area (Å²) < 4.78 is 0. The second-order valence-electron chi connectivity index (χ2n) is 5.37. The van der Waals surface area contributed by atoms with E-state index in [4.69, 9.17) is 10.8 Å². The summed E-state index contributed by atoms with van der Waals surface area (Å²) in [5, 5.41) is 8.95. The van der Waals surface area contributed by atoms with Gasteiger partial charge in [0, 0.05) is 31.5 Å². The molecule has 0 aliphatic carbocycles. The highest BCUT2D eigenvalue weighted by Crippen LogP contribution is 2.23. The molecule has 0 aromatic heterocycles. The largest absolute Gasteiger partial charge is 0.478 e. The molecule has 104 valence electrons. The van der Waals surface area contributed by atoms with Gasteiger partial charge >= 0.3 is 5.97 Å². The minimum absolute atomic E-state index is 0.165. The molecule has 1 fully saturated rings. The number of hydrogen-bond acceptors (Lipinski definition) is 4. The van der Waals surface area contributed by atoms with E-state index < -0.39 is 5.97 Å². The molecular formula is C14H21N3O2. The van der Waals surface area contributed by atoms with Crippen LogP contribution >= 0.6 is 0 Å². The number of nitrogens with zero attached hydrogens (tertiary/aromatic N) is 2. The summed E-state index contributed by atoms with van der Waals surface area (Å²) in [4.78, 5) is 15.4. The lowest BCUT2D eigenvalue weighted by atomic mass is 10.1. The van der Waals surface area contributed by atoms with Crippen molar-refractivity contribution in [3.8, 4) is 0 Å². The Morgan fingerprint density at radius 3 is 2.84 bits per heavy atom. The normalized spacial score (nSPS) is 19.6. The minimum Gasteiger partial charge on any atom is -0.478 e. The second kappa shape index (κ2) is 5.48. The Balaban J connectivity index is 2.05. The fourth-order valence-corrected chi connectivity index (χ4v) is 2.65. The van der Waals surface area contributed by atoms with E-state index in [1.165, 1.54) is 6.42 Å². The van der Waals surface area contributed by atoms with E-state index in [1.807, 2.05) is 13.1 Å². The molecule has 1 aliphatic rings. The van der Waals surface area contributed by atoms with E-state index in [-0.39, 0.29) is 5.56 Å². The topological polar surface area (TPSA) is 69.8 Å². The molecule has 0 spiro atoms. The van der Waals surface area contributed by atoms with Crippen LogP contribution in [0.1, 0.15) is 16.8 Å². The molecule has 1 heterocycles. The molecule has 0 amide bonds. The van der Waals surface area contributed by atoms with Gasteiger partial charge in [0.15, 0.2) is 0 Å². The number of hydrogen-bond donors (Lipinski definition) is 2. The van der Waals surface area contributed by atoms with E-state index in [0.29, 0.717) is 11.6 Å². The maximum Gasteiger partial charge on any atom is 0.337 e. The molecule has 5 heteroatoms. The molecule has 2 rings (SSSR count). The molecule has 1 aliphatic heterocycles. The molecule has 1 atom stereocenters. The van der Waals surface area contributed by atoms with Crippen molar-refractivity contribution >= 4 is 17.3 Å². The van der Waals surface area contributed by atoms with Crippen LogP contribution in [0.2, 0.25) is 0 Å². The molecule has 5 nitrogen and oxygen atoms in total. The molecule has 3 N–H and O–H groups in total. The average molecular weight is 263 g/mol. The molecule has 0 bridgehead atoms. The first-order valence-electron chi connectivity index (χ1n) is 6.50. The third kappa shape index (κ3) is 3.17. The Morgan fingerprint density at radius 2 is 2.32 bits per heavy atom. The van der Waals surface area contributed by atoms with Crippen LogP contribution in [0.15, 0.2) is 18.2 Å². The molecule has 1 aromatic carbocycles. The lowest BCUT2D eigenvalue weighted by molar-refractivity contribution is 0.0698. The summed E-state index contributed by atoms with van der Waals surface area (Å²) in [7, 11) is 4.16. The van der Waals surface area contributed by atoms with E-state index in [9.17, 15) is 4.79 Å². The highest BCUT2D eigenvalue weighted by Gasteiger charge is 2.21. The van der Waals surface area contributed by atoms with Crippen LogP contribution in [-0.2, 0) is 0 Å². The smallest absolute Gasteiger partial charge is 0.337 e. The number of carboxylic acid groups (broad SMARTS) is 1. The number of rotatable bonds is 4. The number of nitrogens with two attached hydrogens (primary N) is 1. The molecule has 0 saturated carbocycles. The van der Waals surface area contributed by atoms with Crippen LogP contribution in [0, 0.1) is 5.92 Å². The third-order valence-electron chi connectivity index (χ3n) is 3.73. The van der Waals surface area contributed by atoms with Crippen LogP contribution in [0.5, 0.6) is 0 Å². The fourth-order valence-electron chi connectivity index (χ4n) is 2.65. The molecule has 0 radical (unpaired) electrons. The SMILES string of the molecule is CN1CCC(CN(C)c2ccc(C(=O)O)c(N)c2)C1. The van der Waals surface area contributed by atoms with Gasteiger partial charge in [0.05, 0.1) is 5.56 Å². The van der Waals surface area contributed by atoms with Crippen LogP contribution < -0.4 is 10.6 Å². The average Bonchev–Trinajstić information content (AvgIpc) is 2.74. The first-order chi connectivity index (χ1) is 8.97. The highest BCUT2D eigenvalue weighted by atomic mass is 16.4. The van der Waals surface area contributed by atoms with Crippen molar-refractivity contribution in [2.75, 3.05) is 44.4 Å². The maximum atomic E-state index is 10.9. The zero-order valence-electron chi connectivity index (χ0n) is 11.5. The Morgan fingerprint density at radius 1 is 1.58 bits per heavy atom. The standard InChI is InChI=1S/C14H21N3O2/c1-16-6-5-10(8-16)9-17(2)11-3-4-12(14(18)19)13(15)7-11/h3-4,7,10H,5-6,8-9,15H2,1-2H3,(H,18,19). The van der Waals surface area contributed by atoms with Gasteiger partial charge in [-0.3, -0.25) is 0 Å². The van der Waals surface area contributed by atoms with Gasteiger partial charge in [-0.2, -0.15) is 0 Å². The van der Waals surface area contributed by atoms with Crippen molar-refractivity contribution in [1.29, 1.82) is 0 Å². The van der Waals surface area contributed by atoms with Crippen LogP contribution in [0.3, 0.4) is 0 Å². The zero-order chi connectivity index (χ0) is 14.0. The molecular weight excluding hydrogens is 242 g/mol.